The van der Waals surface area contributed by atoms with Gasteiger partial charge < -0.3 is 10.2 Å². The number of piperidine rings is 1. The summed E-state index contributed by atoms with van der Waals surface area (Å²) in [7, 11) is 0. The van der Waals surface area contributed by atoms with Crippen LogP contribution in [-0.2, 0) is 20.9 Å². The highest BCUT2D eigenvalue weighted by Gasteiger charge is 2.70. The summed E-state index contributed by atoms with van der Waals surface area (Å²) in [4.78, 5) is 40.8. The maximum absolute atomic E-state index is 13.9. The molecule has 1 aromatic rings. The van der Waals surface area contributed by atoms with Gasteiger partial charge in [-0.2, -0.15) is 4.65 Å². The minimum absolute atomic E-state index is 0.0970. The highest BCUT2D eigenvalue weighted by molar-refractivity contribution is 6.13. The number of hydrogen-bond donors (Lipinski definition) is 2. The Bertz CT molecular complexity index is 910. The number of quaternary nitrogens is 1. The van der Waals surface area contributed by atoms with Crippen molar-refractivity contribution in [2.24, 2.45) is 11.8 Å². The molecule has 0 spiro atoms. The lowest BCUT2D eigenvalue weighted by Crippen LogP contribution is -2.78. The zero-order chi connectivity index (χ0) is 21.8. The van der Waals surface area contributed by atoms with Crippen molar-refractivity contribution in [3.05, 3.63) is 35.4 Å². The average molecular weight is 422 g/mol. The fourth-order valence-electron chi connectivity index (χ4n) is 5.59. The Labute approximate surface area is 173 Å². The summed E-state index contributed by atoms with van der Waals surface area (Å²) in [5.74, 6) is -4.72. The molecule has 3 fully saturated rings. The molecule has 162 valence electrons. The van der Waals surface area contributed by atoms with Gasteiger partial charge in [0, 0.05) is 43.5 Å². The molecule has 0 bridgehead atoms. The first kappa shape index (κ1) is 20.9. The van der Waals surface area contributed by atoms with Gasteiger partial charge in [0.25, 0.3) is 11.9 Å². The lowest BCUT2D eigenvalue weighted by Gasteiger charge is -2.52. The van der Waals surface area contributed by atoms with Crippen LogP contribution in [0.4, 0.5) is 8.78 Å². The van der Waals surface area contributed by atoms with Crippen LogP contribution in [0, 0.1) is 23.5 Å². The lowest BCUT2D eigenvalue weighted by atomic mass is 9.75. The maximum Gasteiger partial charge on any atom is 0.292 e. The molecule has 0 radical (unpaired) electrons. The lowest BCUT2D eigenvalue weighted by molar-refractivity contribution is -1.14. The number of hydroxylamine groups is 3. The van der Waals surface area contributed by atoms with Crippen molar-refractivity contribution in [1.82, 2.24) is 10.2 Å². The van der Waals surface area contributed by atoms with Crippen molar-refractivity contribution in [3.8, 4) is 0 Å². The van der Waals surface area contributed by atoms with Crippen LogP contribution in [-0.4, -0.2) is 63.6 Å². The predicted molar refractivity (Wildman–Crippen MR) is 101 cm³/mol. The van der Waals surface area contributed by atoms with Crippen molar-refractivity contribution in [2.45, 2.75) is 51.4 Å². The molecule has 4 rings (SSSR count). The van der Waals surface area contributed by atoms with E-state index in [9.17, 15) is 28.4 Å². The molecule has 9 heteroatoms. The largest absolute Gasteiger partial charge is 0.351 e. The third-order valence-corrected chi connectivity index (χ3v) is 7.14. The van der Waals surface area contributed by atoms with Crippen LogP contribution in [0.1, 0.15) is 32.3 Å². The van der Waals surface area contributed by atoms with E-state index in [0.29, 0.717) is 25.9 Å². The van der Waals surface area contributed by atoms with E-state index in [0.717, 1.165) is 12.1 Å². The monoisotopic (exact) mass is 422 g/mol. The number of ketones is 1. The fourth-order valence-corrected chi connectivity index (χ4v) is 5.59. The van der Waals surface area contributed by atoms with Gasteiger partial charge in [-0.3, -0.25) is 14.4 Å². The third kappa shape index (κ3) is 2.94. The zero-order valence-corrected chi connectivity index (χ0v) is 17.0. The van der Waals surface area contributed by atoms with Gasteiger partial charge in [0.15, 0.2) is 0 Å². The van der Waals surface area contributed by atoms with Crippen molar-refractivity contribution >= 4 is 17.6 Å². The van der Waals surface area contributed by atoms with E-state index in [-0.39, 0.29) is 24.2 Å². The van der Waals surface area contributed by atoms with Crippen molar-refractivity contribution in [3.63, 3.8) is 0 Å². The number of Topliss-reactive ketones (excluding diaryl/α,β-unsaturated/α-hetero) is 1. The average Bonchev–Trinajstić information content (AvgIpc) is 3.02. The van der Waals surface area contributed by atoms with E-state index in [4.69, 9.17) is 0 Å². The van der Waals surface area contributed by atoms with Gasteiger partial charge in [0.1, 0.15) is 29.6 Å². The molecular weight excluding hydrogens is 396 g/mol. The second-order valence-electron chi connectivity index (χ2n) is 8.56. The molecule has 2 amide bonds. The van der Waals surface area contributed by atoms with Gasteiger partial charge in [-0.1, -0.05) is 13.0 Å². The van der Waals surface area contributed by atoms with Gasteiger partial charge in [-0.05, 0) is 13.0 Å². The number of nitrogens with one attached hydrogen (secondary N) is 1. The smallest absolute Gasteiger partial charge is 0.292 e. The summed E-state index contributed by atoms with van der Waals surface area (Å²) in [5.41, 5.74) is 0.0970. The molecule has 30 heavy (non-hydrogen) atoms. The second-order valence-corrected chi connectivity index (χ2v) is 8.56. The van der Waals surface area contributed by atoms with Gasteiger partial charge in [0.05, 0.1) is 6.54 Å². The first-order valence-electron chi connectivity index (χ1n) is 10.3. The molecule has 6 atom stereocenters. The van der Waals surface area contributed by atoms with Crippen molar-refractivity contribution in [2.75, 3.05) is 13.1 Å². The predicted octanol–water partition coefficient (Wildman–Crippen LogP) is 1.38. The van der Waals surface area contributed by atoms with E-state index in [1.165, 1.54) is 6.07 Å². The molecule has 0 aliphatic carbocycles. The van der Waals surface area contributed by atoms with Gasteiger partial charge in [0.2, 0.25) is 11.7 Å². The molecule has 3 aliphatic rings. The molecule has 7 nitrogen and oxygen atoms in total. The topological polar surface area (TPSA) is 86.7 Å². The molecule has 3 saturated heterocycles. The first-order chi connectivity index (χ1) is 14.2. The van der Waals surface area contributed by atoms with E-state index < -0.39 is 51.8 Å². The summed E-state index contributed by atoms with van der Waals surface area (Å²) in [6.45, 7) is 4.20. The Balaban J connectivity index is 1.59. The Morgan fingerprint density at radius 3 is 2.70 bits per heavy atom. The quantitative estimate of drug-likeness (QED) is 0.567. The van der Waals surface area contributed by atoms with Crippen LogP contribution in [0.25, 0.3) is 0 Å². The number of likely N-dealkylation sites (N-methyl/N-ethyl adjacent to an activating group) is 1. The molecule has 2 N–H and O–H groups in total. The minimum Gasteiger partial charge on any atom is -0.351 e. The Kier molecular flexibility index (Phi) is 5.14. The summed E-state index contributed by atoms with van der Waals surface area (Å²) < 4.78 is 26.4. The molecule has 0 aromatic heterocycles. The highest BCUT2D eigenvalue weighted by atomic mass is 19.1. The Morgan fingerprint density at radius 1 is 1.30 bits per heavy atom. The van der Waals surface area contributed by atoms with Crippen LogP contribution < -0.4 is 5.32 Å². The number of carbonyl (C=O) groups is 3. The fraction of sp³-hybridized carbons (Fsp3) is 0.571. The second kappa shape index (κ2) is 7.39. The third-order valence-electron chi connectivity index (χ3n) is 7.14. The van der Waals surface area contributed by atoms with E-state index in [1.54, 1.807) is 11.8 Å². The summed E-state index contributed by atoms with van der Waals surface area (Å²) >= 11 is 0. The van der Waals surface area contributed by atoms with Gasteiger partial charge in [-0.25, -0.2) is 14.0 Å². The number of piperazine rings is 1. The van der Waals surface area contributed by atoms with Gasteiger partial charge >= 0.3 is 0 Å². The van der Waals surface area contributed by atoms with Gasteiger partial charge in [-0.15, -0.1) is 0 Å². The SMILES string of the molecule is CCN1CC2CCC3C(C)C(C(=O)NCc4ccc(F)cc4F)C(=O)C(C1=O)[N+]23O. The van der Waals surface area contributed by atoms with E-state index >= 15 is 0 Å². The zero-order valence-electron chi connectivity index (χ0n) is 17.0. The van der Waals surface area contributed by atoms with Crippen molar-refractivity contribution in [1.29, 1.82) is 0 Å². The Morgan fingerprint density at radius 2 is 2.03 bits per heavy atom. The van der Waals surface area contributed by atoms with Crippen LogP contribution in [0.15, 0.2) is 18.2 Å². The number of carbonyl (C=O) groups excluding carboxylic acids is 3. The summed E-state index contributed by atoms with van der Waals surface area (Å²) in [5, 5.41) is 14.0. The normalized spacial score (nSPS) is 35.4. The first-order valence-corrected chi connectivity index (χ1v) is 10.3. The van der Waals surface area contributed by atoms with Crippen LogP contribution in [0.5, 0.6) is 0 Å². The number of halogens is 2. The number of nitrogens with zero attached hydrogens (tertiary/aromatic N) is 2. The summed E-state index contributed by atoms with van der Waals surface area (Å²) in [6, 6.07) is 1.13. The van der Waals surface area contributed by atoms with Crippen LogP contribution >= 0.6 is 0 Å². The molecule has 3 heterocycles. The highest BCUT2D eigenvalue weighted by Crippen LogP contribution is 2.47. The van der Waals surface area contributed by atoms with Crippen molar-refractivity contribution < 1.29 is 33.0 Å². The van der Waals surface area contributed by atoms with Crippen LogP contribution in [0.2, 0.25) is 0 Å². The number of hydrogen-bond acceptors (Lipinski definition) is 4. The van der Waals surface area contributed by atoms with E-state index in [1.807, 2.05) is 6.92 Å². The Hall–Kier alpha value is -2.39. The number of benzene rings is 1. The molecular formula is C21H26F2N3O4+. The molecule has 1 aromatic carbocycles. The number of rotatable bonds is 4. The number of amides is 2. The molecule has 6 unspecified atom stereocenters. The molecule has 0 saturated carbocycles. The minimum atomic E-state index is -1.30. The summed E-state index contributed by atoms with van der Waals surface area (Å²) in [6.07, 6.45) is 1.29. The standard InChI is InChI=1S/C21H25F2N3O4/c1-3-25-10-14-6-7-16-11(2)17(19(27)18(21(25)29)26(14,16)30)20(28)24-9-12-4-5-13(22)8-15(12)23/h4-5,8,11,14,16-18,30H,3,6-7,9-10H2,1-2H3/p+1. The molecule has 3 aliphatic heterocycles. The van der Waals surface area contributed by atoms with E-state index in [2.05, 4.69) is 5.32 Å². The maximum atomic E-state index is 13.9. The van der Waals surface area contributed by atoms with Crippen LogP contribution in [0.3, 0.4) is 0 Å².